The maximum Gasteiger partial charge on any atom is 0.240 e. The number of hydrogen-bond acceptors (Lipinski definition) is 4. The molecule has 3 N–H and O–H groups in total. The highest BCUT2D eigenvalue weighted by molar-refractivity contribution is 7.89. The van der Waals surface area contributed by atoms with Crippen molar-refractivity contribution in [3.63, 3.8) is 0 Å². The van der Waals surface area contributed by atoms with E-state index in [1.165, 1.54) is 13.2 Å². The molecule has 1 aromatic rings. The fourth-order valence-electron chi connectivity index (χ4n) is 1.41. The van der Waals surface area contributed by atoms with Crippen molar-refractivity contribution in [2.24, 2.45) is 0 Å². The van der Waals surface area contributed by atoms with Gasteiger partial charge in [-0.1, -0.05) is 6.92 Å². The summed E-state index contributed by atoms with van der Waals surface area (Å²) in [7, 11) is -2.22. The van der Waals surface area contributed by atoms with Gasteiger partial charge >= 0.3 is 0 Å². The van der Waals surface area contributed by atoms with Crippen LogP contribution in [-0.2, 0) is 14.8 Å². The maximum absolute atomic E-state index is 13.0. The van der Waals surface area contributed by atoms with Crippen LogP contribution >= 0.6 is 0 Å². The summed E-state index contributed by atoms with van der Waals surface area (Å²) in [6.45, 7) is 2.11. The van der Waals surface area contributed by atoms with Gasteiger partial charge in [-0.15, -0.1) is 0 Å². The lowest BCUT2D eigenvalue weighted by atomic mass is 10.3. The van der Waals surface area contributed by atoms with Gasteiger partial charge < -0.3 is 10.5 Å². The Morgan fingerprint density at radius 3 is 2.67 bits per heavy atom. The largest absolute Gasteiger partial charge is 0.396 e. The van der Waals surface area contributed by atoms with Crippen LogP contribution in [0.1, 0.15) is 13.3 Å². The highest BCUT2D eigenvalue weighted by Crippen LogP contribution is 2.17. The molecule has 0 saturated heterocycles. The first-order valence-electron chi connectivity index (χ1n) is 5.47. The van der Waals surface area contributed by atoms with E-state index in [-0.39, 0.29) is 23.2 Å². The van der Waals surface area contributed by atoms with Gasteiger partial charge in [0, 0.05) is 13.2 Å². The molecule has 1 aromatic carbocycles. The van der Waals surface area contributed by atoms with Crippen molar-refractivity contribution in [2.45, 2.75) is 24.3 Å². The lowest BCUT2D eigenvalue weighted by molar-refractivity contribution is 0.173. The number of hydrogen-bond donors (Lipinski definition) is 2. The van der Waals surface area contributed by atoms with E-state index >= 15 is 0 Å². The van der Waals surface area contributed by atoms with Crippen molar-refractivity contribution in [1.82, 2.24) is 4.72 Å². The lowest BCUT2D eigenvalue weighted by Crippen LogP contribution is -2.37. The second-order valence-corrected chi connectivity index (χ2v) is 5.58. The Kier molecular flexibility index (Phi) is 5.06. The second kappa shape index (κ2) is 6.12. The minimum absolute atomic E-state index is 0.0593. The summed E-state index contributed by atoms with van der Waals surface area (Å²) in [6.07, 6.45) is 0.587. The molecular formula is C11H17FN2O3S. The van der Waals surface area contributed by atoms with Gasteiger partial charge in [-0.25, -0.2) is 17.5 Å². The van der Waals surface area contributed by atoms with E-state index < -0.39 is 15.8 Å². The zero-order valence-electron chi connectivity index (χ0n) is 10.3. The van der Waals surface area contributed by atoms with Gasteiger partial charge in [0.2, 0.25) is 10.0 Å². The van der Waals surface area contributed by atoms with Gasteiger partial charge in [0.15, 0.2) is 0 Å². The fraction of sp³-hybridized carbons (Fsp3) is 0.455. The molecule has 1 rings (SSSR count). The normalized spacial score (nSPS) is 13.5. The molecule has 0 saturated carbocycles. The van der Waals surface area contributed by atoms with Crippen LogP contribution in [0.25, 0.3) is 0 Å². The molecule has 0 aliphatic carbocycles. The molecule has 7 heteroatoms. The zero-order chi connectivity index (χ0) is 13.8. The molecule has 0 heterocycles. The molecule has 0 bridgehead atoms. The van der Waals surface area contributed by atoms with Crippen LogP contribution in [0, 0.1) is 5.82 Å². The number of nitrogens with two attached hydrogens (primary N) is 1. The quantitative estimate of drug-likeness (QED) is 0.763. The highest BCUT2D eigenvalue weighted by Gasteiger charge is 2.19. The zero-order valence-corrected chi connectivity index (χ0v) is 11.1. The average molecular weight is 276 g/mol. The van der Waals surface area contributed by atoms with E-state index in [0.717, 1.165) is 12.1 Å². The number of ether oxygens (including phenoxy) is 1. The van der Waals surface area contributed by atoms with Crippen molar-refractivity contribution >= 4 is 15.7 Å². The monoisotopic (exact) mass is 276 g/mol. The molecule has 0 fully saturated rings. The first kappa shape index (κ1) is 14.9. The molecule has 0 radical (unpaired) electrons. The van der Waals surface area contributed by atoms with E-state index in [2.05, 4.69) is 4.72 Å². The molecule has 0 amide bonds. The Hall–Kier alpha value is -1.18. The van der Waals surface area contributed by atoms with Crippen LogP contribution in [-0.4, -0.2) is 28.2 Å². The standard InChI is InChI=1S/C11H17FN2O3S/c1-3-8(7-17-2)14-18(15,16)9-4-5-10(12)11(13)6-9/h4-6,8,14H,3,7,13H2,1-2H3. The third kappa shape index (κ3) is 3.66. The average Bonchev–Trinajstić information content (AvgIpc) is 2.31. The SMILES string of the molecule is CCC(COC)NS(=O)(=O)c1ccc(F)c(N)c1. The number of nitrogens with one attached hydrogen (secondary N) is 1. The molecular weight excluding hydrogens is 259 g/mol. The van der Waals surface area contributed by atoms with E-state index in [9.17, 15) is 12.8 Å². The summed E-state index contributed by atoms with van der Waals surface area (Å²) >= 11 is 0. The van der Waals surface area contributed by atoms with Gasteiger partial charge in [0.05, 0.1) is 17.2 Å². The summed E-state index contributed by atoms with van der Waals surface area (Å²) in [6, 6.07) is 2.97. The minimum Gasteiger partial charge on any atom is -0.396 e. The molecule has 18 heavy (non-hydrogen) atoms. The number of nitrogen functional groups attached to an aromatic ring is 1. The Balaban J connectivity index is 2.95. The van der Waals surface area contributed by atoms with E-state index in [0.29, 0.717) is 6.42 Å². The molecule has 0 spiro atoms. The number of halogens is 1. The summed E-state index contributed by atoms with van der Waals surface area (Å²) in [5.74, 6) is -0.641. The molecule has 0 aromatic heterocycles. The summed E-state index contributed by atoms with van der Waals surface area (Å²) in [4.78, 5) is -0.0593. The highest BCUT2D eigenvalue weighted by atomic mass is 32.2. The summed E-state index contributed by atoms with van der Waals surface area (Å²) in [5.41, 5.74) is 5.15. The second-order valence-electron chi connectivity index (χ2n) is 3.87. The topological polar surface area (TPSA) is 81.4 Å². The van der Waals surface area contributed by atoms with Crippen molar-refractivity contribution in [3.05, 3.63) is 24.0 Å². The van der Waals surface area contributed by atoms with Crippen LogP contribution in [0.5, 0.6) is 0 Å². The van der Waals surface area contributed by atoms with E-state index in [1.807, 2.05) is 6.92 Å². The lowest BCUT2D eigenvalue weighted by Gasteiger charge is -2.16. The third-order valence-electron chi connectivity index (χ3n) is 2.46. The summed E-state index contributed by atoms with van der Waals surface area (Å²) in [5, 5.41) is 0. The maximum atomic E-state index is 13.0. The predicted octanol–water partition coefficient (Wildman–Crippen LogP) is 1.11. The van der Waals surface area contributed by atoms with Crippen LogP contribution in [0.4, 0.5) is 10.1 Å². The number of benzene rings is 1. The molecule has 5 nitrogen and oxygen atoms in total. The minimum atomic E-state index is -3.71. The van der Waals surface area contributed by atoms with E-state index in [1.54, 1.807) is 0 Å². The number of methoxy groups -OCH3 is 1. The van der Waals surface area contributed by atoms with Crippen LogP contribution in [0.3, 0.4) is 0 Å². The number of rotatable bonds is 6. The molecule has 1 unspecified atom stereocenters. The molecule has 102 valence electrons. The van der Waals surface area contributed by atoms with Crippen molar-refractivity contribution in [2.75, 3.05) is 19.5 Å². The Bertz CT molecular complexity index is 505. The third-order valence-corrected chi connectivity index (χ3v) is 3.98. The van der Waals surface area contributed by atoms with Crippen LogP contribution < -0.4 is 10.5 Å². The number of sulfonamides is 1. The first-order valence-corrected chi connectivity index (χ1v) is 6.95. The van der Waals surface area contributed by atoms with Gasteiger partial charge in [-0.2, -0.15) is 0 Å². The van der Waals surface area contributed by atoms with Gasteiger partial charge in [0.1, 0.15) is 5.82 Å². The van der Waals surface area contributed by atoms with Crippen LogP contribution in [0.15, 0.2) is 23.1 Å². The number of anilines is 1. The van der Waals surface area contributed by atoms with E-state index in [4.69, 9.17) is 10.5 Å². The van der Waals surface area contributed by atoms with Crippen LogP contribution in [0.2, 0.25) is 0 Å². The first-order chi connectivity index (χ1) is 8.40. The Morgan fingerprint density at radius 1 is 1.50 bits per heavy atom. The summed E-state index contributed by atoms with van der Waals surface area (Å²) < 4.78 is 44.4. The van der Waals surface area contributed by atoms with Crippen molar-refractivity contribution < 1.29 is 17.5 Å². The molecule has 0 aliphatic rings. The Morgan fingerprint density at radius 2 is 2.17 bits per heavy atom. The van der Waals surface area contributed by atoms with Gasteiger partial charge in [0.25, 0.3) is 0 Å². The van der Waals surface area contributed by atoms with Crippen molar-refractivity contribution in [3.8, 4) is 0 Å². The van der Waals surface area contributed by atoms with Gasteiger partial charge in [-0.05, 0) is 24.6 Å². The smallest absolute Gasteiger partial charge is 0.240 e. The molecule has 1 atom stereocenters. The Labute approximate surface area is 106 Å². The fourth-order valence-corrected chi connectivity index (χ4v) is 2.75. The van der Waals surface area contributed by atoms with Gasteiger partial charge in [-0.3, -0.25) is 0 Å². The molecule has 0 aliphatic heterocycles. The predicted molar refractivity (Wildman–Crippen MR) is 67.1 cm³/mol. The van der Waals surface area contributed by atoms with Crippen molar-refractivity contribution in [1.29, 1.82) is 0 Å².